The van der Waals surface area contributed by atoms with Crippen LogP contribution in [0.1, 0.15) is 37.4 Å². The predicted octanol–water partition coefficient (Wildman–Crippen LogP) is 5.04. The summed E-state index contributed by atoms with van der Waals surface area (Å²) >= 11 is 0. The molecular weight excluding hydrogens is 450 g/mol. The van der Waals surface area contributed by atoms with E-state index in [1.165, 1.54) is 30.7 Å². The van der Waals surface area contributed by atoms with Crippen molar-refractivity contribution in [1.29, 1.82) is 0 Å². The zero-order valence-electron chi connectivity index (χ0n) is 18.3. The molecule has 8 heteroatoms. The number of benzene rings is 4. The van der Waals surface area contributed by atoms with Crippen LogP contribution in [0.15, 0.2) is 77.5 Å². The molecule has 0 saturated carbocycles. The van der Waals surface area contributed by atoms with Crippen molar-refractivity contribution < 1.29 is 34.1 Å². The molecule has 1 heterocycles. The van der Waals surface area contributed by atoms with Gasteiger partial charge in [0.25, 0.3) is 0 Å². The Morgan fingerprint density at radius 2 is 1.63 bits per heavy atom. The molecule has 0 spiro atoms. The number of fused-ring (bicyclic) bond motifs is 2. The minimum Gasteiger partial charge on any atom is -0.507 e. The molecule has 5 rings (SSSR count). The molecule has 0 atom stereocenters. The number of carbonyl (C=O) groups is 2. The van der Waals surface area contributed by atoms with Crippen LogP contribution >= 0.6 is 0 Å². The fourth-order valence-electron chi connectivity index (χ4n) is 3.90. The van der Waals surface area contributed by atoms with E-state index in [0.717, 1.165) is 5.56 Å². The summed E-state index contributed by atoms with van der Waals surface area (Å²) in [5, 5.41) is 31.4. The zero-order valence-corrected chi connectivity index (χ0v) is 18.3. The van der Waals surface area contributed by atoms with E-state index in [1.54, 1.807) is 42.5 Å². The third-order valence-electron chi connectivity index (χ3n) is 5.78. The summed E-state index contributed by atoms with van der Waals surface area (Å²) in [5.41, 5.74) is 3.43. The first kappa shape index (κ1) is 22.0. The topological polar surface area (TPSA) is 130 Å². The lowest BCUT2D eigenvalue weighted by Crippen LogP contribution is -2.05. The number of rotatable bonds is 6. The van der Waals surface area contributed by atoms with Gasteiger partial charge in [0.1, 0.15) is 23.6 Å². The van der Waals surface area contributed by atoms with Crippen LogP contribution in [0.4, 0.5) is 0 Å². The van der Waals surface area contributed by atoms with Crippen LogP contribution in [0.3, 0.4) is 0 Å². The van der Waals surface area contributed by atoms with Crippen molar-refractivity contribution in [3.63, 3.8) is 0 Å². The maximum absolute atomic E-state index is 12.7. The van der Waals surface area contributed by atoms with Gasteiger partial charge in [0.05, 0.1) is 11.1 Å². The van der Waals surface area contributed by atoms with Gasteiger partial charge in [-0.25, -0.2) is 14.6 Å². The molecule has 0 saturated heterocycles. The molecular formula is C27H19NO7. The molecule has 174 valence electrons. The Morgan fingerprint density at radius 3 is 2.40 bits per heavy atom. The molecule has 1 aromatic heterocycles. The Hall–Kier alpha value is -4.85. The number of aromatic hydroxyl groups is 2. The average molecular weight is 469 g/mol. The van der Waals surface area contributed by atoms with Crippen molar-refractivity contribution in [3.05, 3.63) is 101 Å². The number of phenols is 2. The van der Waals surface area contributed by atoms with E-state index in [2.05, 4.69) is 4.98 Å². The summed E-state index contributed by atoms with van der Waals surface area (Å²) in [4.78, 5) is 27.8. The molecule has 0 bridgehead atoms. The number of ether oxygens (including phenoxy) is 1. The van der Waals surface area contributed by atoms with E-state index >= 15 is 0 Å². The standard InChI is InChI=1S/C27H19NO7/c29-23-12-18-6-7-19(27(33)34-13-16-3-8-24-22(10-16)28-14-35-24)11-20(18)25(30)21(23)9-15-1-4-17(5-2-15)26(31)32/h1-8,10-12,14,29-30H,9,13H2,(H,31,32). The molecule has 5 aromatic rings. The number of carboxylic acids is 1. The smallest absolute Gasteiger partial charge is 0.338 e. The largest absolute Gasteiger partial charge is 0.507 e. The van der Waals surface area contributed by atoms with Crippen molar-refractivity contribution in [2.45, 2.75) is 13.0 Å². The van der Waals surface area contributed by atoms with Crippen molar-refractivity contribution in [2.75, 3.05) is 0 Å². The molecule has 0 amide bonds. The van der Waals surface area contributed by atoms with Gasteiger partial charge in [-0.05, 0) is 59.0 Å². The van der Waals surface area contributed by atoms with E-state index in [0.29, 0.717) is 27.4 Å². The molecule has 0 unspecified atom stereocenters. The van der Waals surface area contributed by atoms with Crippen molar-refractivity contribution in [2.24, 2.45) is 0 Å². The molecule has 8 nitrogen and oxygen atoms in total. The average Bonchev–Trinajstić information content (AvgIpc) is 3.33. The molecule has 3 N–H and O–H groups in total. The number of aromatic nitrogens is 1. The number of hydrogen-bond acceptors (Lipinski definition) is 7. The number of phenolic OH excluding ortho intramolecular Hbond substituents is 2. The fourth-order valence-corrected chi connectivity index (χ4v) is 3.90. The Kier molecular flexibility index (Phi) is 5.54. The van der Waals surface area contributed by atoms with Crippen LogP contribution in [0, 0.1) is 0 Å². The highest BCUT2D eigenvalue weighted by Crippen LogP contribution is 2.37. The van der Waals surface area contributed by atoms with Gasteiger partial charge in [-0.3, -0.25) is 0 Å². The SMILES string of the molecule is O=C(O)c1ccc(Cc2c(O)cc3ccc(C(=O)OCc4ccc5ocnc5c4)cc3c2O)cc1. The summed E-state index contributed by atoms with van der Waals surface area (Å²) in [5.74, 6) is -1.86. The maximum atomic E-state index is 12.7. The number of carbonyl (C=O) groups excluding carboxylic acids is 1. The lowest BCUT2D eigenvalue weighted by Gasteiger charge is -2.12. The Morgan fingerprint density at radius 1 is 0.886 bits per heavy atom. The van der Waals surface area contributed by atoms with Gasteiger partial charge in [-0.2, -0.15) is 0 Å². The lowest BCUT2D eigenvalue weighted by molar-refractivity contribution is 0.0472. The normalized spacial score (nSPS) is 11.1. The number of hydrogen-bond donors (Lipinski definition) is 3. The first-order chi connectivity index (χ1) is 16.9. The predicted molar refractivity (Wildman–Crippen MR) is 127 cm³/mol. The van der Waals surface area contributed by atoms with Crippen molar-refractivity contribution >= 4 is 33.8 Å². The van der Waals surface area contributed by atoms with Gasteiger partial charge in [0.2, 0.25) is 0 Å². The van der Waals surface area contributed by atoms with E-state index in [1.807, 2.05) is 0 Å². The monoisotopic (exact) mass is 469 g/mol. The minimum atomic E-state index is -1.04. The lowest BCUT2D eigenvalue weighted by atomic mass is 9.97. The highest BCUT2D eigenvalue weighted by Gasteiger charge is 2.16. The van der Waals surface area contributed by atoms with Gasteiger partial charge < -0.3 is 24.5 Å². The summed E-state index contributed by atoms with van der Waals surface area (Å²) in [6, 6.07) is 17.7. The third-order valence-corrected chi connectivity index (χ3v) is 5.78. The minimum absolute atomic E-state index is 0.0405. The van der Waals surface area contributed by atoms with Crippen LogP contribution in [0.5, 0.6) is 11.5 Å². The van der Waals surface area contributed by atoms with Crippen LogP contribution < -0.4 is 0 Å². The highest BCUT2D eigenvalue weighted by atomic mass is 16.5. The first-order valence-electron chi connectivity index (χ1n) is 10.7. The van der Waals surface area contributed by atoms with Gasteiger partial charge >= 0.3 is 11.9 Å². The second-order valence-corrected chi connectivity index (χ2v) is 8.07. The van der Waals surface area contributed by atoms with E-state index in [-0.39, 0.29) is 41.2 Å². The van der Waals surface area contributed by atoms with Gasteiger partial charge in [-0.15, -0.1) is 0 Å². The molecule has 0 fully saturated rings. The van der Waals surface area contributed by atoms with E-state index < -0.39 is 11.9 Å². The van der Waals surface area contributed by atoms with Crippen molar-refractivity contribution in [1.82, 2.24) is 4.98 Å². The number of carboxylic acid groups (broad SMARTS) is 1. The maximum Gasteiger partial charge on any atom is 0.338 e. The molecule has 4 aromatic carbocycles. The second kappa shape index (κ2) is 8.83. The molecule has 0 aliphatic carbocycles. The van der Waals surface area contributed by atoms with Gasteiger partial charge in [-0.1, -0.05) is 24.3 Å². The number of esters is 1. The molecule has 0 aliphatic rings. The summed E-state index contributed by atoms with van der Waals surface area (Å²) < 4.78 is 10.6. The number of oxazole rings is 1. The van der Waals surface area contributed by atoms with Gasteiger partial charge in [0, 0.05) is 17.4 Å². The second-order valence-electron chi connectivity index (χ2n) is 8.07. The highest BCUT2D eigenvalue weighted by molar-refractivity contribution is 5.99. The Balaban J connectivity index is 1.38. The van der Waals surface area contributed by atoms with Crippen molar-refractivity contribution in [3.8, 4) is 11.5 Å². The van der Waals surface area contributed by atoms with E-state index in [9.17, 15) is 19.8 Å². The summed E-state index contributed by atoms with van der Waals surface area (Å²) in [6.07, 6.45) is 1.52. The third kappa shape index (κ3) is 4.37. The first-order valence-corrected chi connectivity index (χ1v) is 10.7. The molecule has 0 aliphatic heterocycles. The summed E-state index contributed by atoms with van der Waals surface area (Å²) in [6.45, 7) is 0.0405. The Labute approximate surface area is 198 Å². The van der Waals surface area contributed by atoms with Crippen LogP contribution in [-0.2, 0) is 17.8 Å². The van der Waals surface area contributed by atoms with Gasteiger partial charge in [0.15, 0.2) is 12.0 Å². The van der Waals surface area contributed by atoms with Crippen LogP contribution in [-0.4, -0.2) is 32.2 Å². The summed E-state index contributed by atoms with van der Waals surface area (Å²) in [7, 11) is 0. The zero-order chi connectivity index (χ0) is 24.5. The van der Waals surface area contributed by atoms with Crippen LogP contribution in [0.25, 0.3) is 21.9 Å². The van der Waals surface area contributed by atoms with Crippen LogP contribution in [0.2, 0.25) is 0 Å². The van der Waals surface area contributed by atoms with E-state index in [4.69, 9.17) is 14.3 Å². The Bertz CT molecular complexity index is 1590. The molecule has 35 heavy (non-hydrogen) atoms. The quantitative estimate of drug-likeness (QED) is 0.295. The molecule has 0 radical (unpaired) electrons. The number of aromatic carboxylic acids is 1. The number of nitrogens with zero attached hydrogens (tertiary/aromatic N) is 1. The fraction of sp³-hybridized carbons (Fsp3) is 0.0741.